The van der Waals surface area contributed by atoms with Gasteiger partial charge in [0.05, 0.1) is 16.6 Å². The van der Waals surface area contributed by atoms with E-state index < -0.39 is 9.84 Å². The van der Waals surface area contributed by atoms with Crippen LogP contribution in [0.15, 0.2) is 29.2 Å². The van der Waals surface area contributed by atoms with Crippen LogP contribution in [0.25, 0.3) is 0 Å². The van der Waals surface area contributed by atoms with Crippen molar-refractivity contribution in [1.29, 1.82) is 0 Å². The van der Waals surface area contributed by atoms with Gasteiger partial charge in [-0.25, -0.2) is 8.42 Å². The van der Waals surface area contributed by atoms with E-state index in [2.05, 4.69) is 10.6 Å². The number of sulfone groups is 1. The van der Waals surface area contributed by atoms with Gasteiger partial charge < -0.3 is 10.6 Å². The van der Waals surface area contributed by atoms with Gasteiger partial charge in [-0.15, -0.1) is 0 Å². The van der Waals surface area contributed by atoms with Crippen molar-refractivity contribution >= 4 is 21.4 Å². The molecule has 0 aromatic heterocycles. The minimum atomic E-state index is -3.34. The van der Waals surface area contributed by atoms with Gasteiger partial charge in [-0.3, -0.25) is 4.79 Å². The fourth-order valence-electron chi connectivity index (χ4n) is 2.02. The van der Waals surface area contributed by atoms with Gasteiger partial charge in [0.1, 0.15) is 0 Å². The molecule has 0 radical (unpaired) electrons. The van der Waals surface area contributed by atoms with Gasteiger partial charge >= 0.3 is 0 Å². The van der Waals surface area contributed by atoms with Gasteiger partial charge in [-0.2, -0.15) is 0 Å². The summed E-state index contributed by atoms with van der Waals surface area (Å²) in [6, 6.07) is 6.21. The zero-order valence-electron chi connectivity index (χ0n) is 10.1. The van der Waals surface area contributed by atoms with Crippen LogP contribution in [0, 0.1) is 0 Å². The lowest BCUT2D eigenvalue weighted by Gasteiger charge is -2.13. The molecule has 18 heavy (non-hydrogen) atoms. The fraction of sp³-hybridized carbons (Fsp3) is 0.417. The van der Waals surface area contributed by atoms with Crippen molar-refractivity contribution < 1.29 is 13.2 Å². The second-order valence-electron chi connectivity index (χ2n) is 4.41. The molecule has 1 aromatic rings. The first-order chi connectivity index (χ1) is 8.48. The van der Waals surface area contributed by atoms with E-state index in [0.717, 1.165) is 25.6 Å². The lowest BCUT2D eigenvalue weighted by atomic mass is 10.2. The largest absolute Gasteiger partial charge is 0.324 e. The maximum absolute atomic E-state index is 11.9. The molecule has 0 saturated carbocycles. The van der Waals surface area contributed by atoms with Crippen molar-refractivity contribution in [2.75, 3.05) is 18.1 Å². The molecule has 1 fully saturated rings. The van der Waals surface area contributed by atoms with Gasteiger partial charge in [0.15, 0.2) is 9.84 Å². The van der Waals surface area contributed by atoms with Crippen LogP contribution in [-0.2, 0) is 14.6 Å². The molecule has 0 aliphatic carbocycles. The quantitative estimate of drug-likeness (QED) is 0.849. The lowest BCUT2D eigenvalue weighted by molar-refractivity contribution is -0.117. The molecule has 0 unspecified atom stereocenters. The third kappa shape index (κ3) is 2.88. The normalized spacial score (nSPS) is 19.7. The highest BCUT2D eigenvalue weighted by Crippen LogP contribution is 2.21. The third-order valence-corrected chi connectivity index (χ3v) is 4.08. The topological polar surface area (TPSA) is 75.3 Å². The molecule has 2 N–H and O–H groups in total. The summed E-state index contributed by atoms with van der Waals surface area (Å²) in [5.74, 6) is -0.177. The van der Waals surface area contributed by atoms with E-state index in [-0.39, 0.29) is 16.8 Å². The van der Waals surface area contributed by atoms with Gasteiger partial charge in [0.2, 0.25) is 5.91 Å². The average Bonchev–Trinajstić information content (AvgIpc) is 2.81. The molecule has 1 amide bonds. The molecule has 1 aliphatic heterocycles. The van der Waals surface area contributed by atoms with Crippen LogP contribution in [0.1, 0.15) is 12.8 Å². The van der Waals surface area contributed by atoms with Crippen LogP contribution in [-0.4, -0.2) is 33.2 Å². The Morgan fingerprint density at radius 1 is 1.39 bits per heavy atom. The highest BCUT2D eigenvalue weighted by Gasteiger charge is 2.23. The number of hydrogen-bond acceptors (Lipinski definition) is 4. The molecule has 1 atom stereocenters. The molecule has 2 rings (SSSR count). The highest BCUT2D eigenvalue weighted by atomic mass is 32.2. The van der Waals surface area contributed by atoms with Crippen molar-refractivity contribution in [3.05, 3.63) is 24.3 Å². The SMILES string of the molecule is CS(=O)(=O)c1ccccc1NC(=O)[C@@H]1CCCN1. The van der Waals surface area contributed by atoms with E-state index in [9.17, 15) is 13.2 Å². The van der Waals surface area contributed by atoms with E-state index in [4.69, 9.17) is 0 Å². The molecule has 98 valence electrons. The smallest absolute Gasteiger partial charge is 0.241 e. The number of carbonyl (C=O) groups excluding carboxylic acids is 1. The third-order valence-electron chi connectivity index (χ3n) is 2.92. The summed E-state index contributed by atoms with van der Waals surface area (Å²) >= 11 is 0. The van der Waals surface area contributed by atoms with E-state index >= 15 is 0 Å². The first-order valence-corrected chi connectivity index (χ1v) is 7.71. The predicted molar refractivity (Wildman–Crippen MR) is 69.2 cm³/mol. The van der Waals surface area contributed by atoms with E-state index in [0.29, 0.717) is 5.69 Å². The summed E-state index contributed by atoms with van der Waals surface area (Å²) < 4.78 is 23.2. The molecule has 5 nitrogen and oxygen atoms in total. The zero-order valence-corrected chi connectivity index (χ0v) is 11.0. The maximum atomic E-state index is 11.9. The monoisotopic (exact) mass is 268 g/mol. The molecule has 6 heteroatoms. The van der Waals surface area contributed by atoms with Gasteiger partial charge in [0, 0.05) is 6.26 Å². The van der Waals surface area contributed by atoms with Gasteiger partial charge in [-0.1, -0.05) is 12.1 Å². The maximum Gasteiger partial charge on any atom is 0.241 e. The molecular weight excluding hydrogens is 252 g/mol. The van der Waals surface area contributed by atoms with Crippen molar-refractivity contribution in [2.24, 2.45) is 0 Å². The minimum Gasteiger partial charge on any atom is -0.324 e. The highest BCUT2D eigenvalue weighted by molar-refractivity contribution is 7.90. The molecule has 0 bridgehead atoms. The number of nitrogens with one attached hydrogen (secondary N) is 2. The van der Waals surface area contributed by atoms with E-state index in [1.54, 1.807) is 18.2 Å². The van der Waals surface area contributed by atoms with Crippen LogP contribution in [0.4, 0.5) is 5.69 Å². The molecule has 1 heterocycles. The number of hydrogen-bond donors (Lipinski definition) is 2. The number of carbonyl (C=O) groups is 1. The molecule has 1 saturated heterocycles. The summed E-state index contributed by atoms with van der Waals surface area (Å²) in [6.45, 7) is 0.825. The standard InChI is InChI=1S/C12H16N2O3S/c1-18(16,17)11-7-3-2-5-9(11)14-12(15)10-6-4-8-13-10/h2-3,5,7,10,13H,4,6,8H2,1H3,(H,14,15)/t10-/m0/s1. The number of para-hydroxylation sites is 1. The fourth-order valence-corrected chi connectivity index (χ4v) is 2.87. The average molecular weight is 268 g/mol. The van der Waals surface area contributed by atoms with Crippen LogP contribution in [0.5, 0.6) is 0 Å². The minimum absolute atomic E-state index is 0.149. The number of benzene rings is 1. The number of amides is 1. The van der Waals surface area contributed by atoms with Crippen molar-refractivity contribution in [1.82, 2.24) is 5.32 Å². The summed E-state index contributed by atoms with van der Waals surface area (Å²) in [7, 11) is -3.34. The second-order valence-corrected chi connectivity index (χ2v) is 6.39. The Bertz CT molecular complexity index is 548. The van der Waals surface area contributed by atoms with Crippen molar-refractivity contribution in [3.8, 4) is 0 Å². The summed E-state index contributed by atoms with van der Waals surface area (Å²) in [5, 5.41) is 5.75. The Morgan fingerprint density at radius 2 is 2.11 bits per heavy atom. The summed E-state index contributed by atoms with van der Waals surface area (Å²) in [4.78, 5) is 12.1. The first-order valence-electron chi connectivity index (χ1n) is 5.82. The molecule has 1 aliphatic rings. The second kappa shape index (κ2) is 5.07. The Kier molecular flexibility index (Phi) is 3.68. The van der Waals surface area contributed by atoms with Crippen molar-refractivity contribution in [3.63, 3.8) is 0 Å². The first kappa shape index (κ1) is 13.0. The lowest BCUT2D eigenvalue weighted by Crippen LogP contribution is -2.35. The Hall–Kier alpha value is -1.40. The van der Waals surface area contributed by atoms with Crippen molar-refractivity contribution in [2.45, 2.75) is 23.8 Å². The molecule has 1 aromatic carbocycles. The summed E-state index contributed by atoms with van der Waals surface area (Å²) in [6.07, 6.45) is 2.88. The van der Waals surface area contributed by atoms with Gasteiger partial charge in [-0.05, 0) is 31.5 Å². The Balaban J connectivity index is 2.21. The van der Waals surface area contributed by atoms with Crippen LogP contribution in [0.3, 0.4) is 0 Å². The van der Waals surface area contributed by atoms with Crippen LogP contribution < -0.4 is 10.6 Å². The number of rotatable bonds is 3. The Labute approximate surface area is 107 Å². The Morgan fingerprint density at radius 3 is 2.72 bits per heavy atom. The van der Waals surface area contributed by atoms with Crippen LogP contribution >= 0.6 is 0 Å². The molecule has 0 spiro atoms. The zero-order chi connectivity index (χ0) is 13.2. The molecular formula is C12H16N2O3S. The number of anilines is 1. The van der Waals surface area contributed by atoms with E-state index in [1.165, 1.54) is 6.07 Å². The summed E-state index contributed by atoms with van der Waals surface area (Å²) in [5.41, 5.74) is 0.346. The van der Waals surface area contributed by atoms with E-state index in [1.807, 2.05) is 0 Å². The van der Waals surface area contributed by atoms with Crippen LogP contribution in [0.2, 0.25) is 0 Å². The van der Waals surface area contributed by atoms with Gasteiger partial charge in [0.25, 0.3) is 0 Å². The predicted octanol–water partition coefficient (Wildman–Crippen LogP) is 0.781.